The van der Waals surface area contributed by atoms with E-state index in [4.69, 9.17) is 0 Å². The number of para-hydroxylation sites is 1. The fraction of sp³-hybridized carbons (Fsp3) is 0.444. The molecule has 0 saturated carbocycles. The first-order valence-corrected chi connectivity index (χ1v) is 8.78. The number of hydrogen-bond donors (Lipinski definition) is 1. The number of carbonyl (C=O) groups excluding carboxylic acids is 2. The number of amides is 2. The van der Waals surface area contributed by atoms with Crippen molar-refractivity contribution in [1.29, 1.82) is 0 Å². The van der Waals surface area contributed by atoms with Crippen molar-refractivity contribution in [2.24, 2.45) is 0 Å². The third-order valence-electron chi connectivity index (χ3n) is 4.31. The van der Waals surface area contributed by atoms with Gasteiger partial charge in [0.2, 0.25) is 5.91 Å². The van der Waals surface area contributed by atoms with Crippen LogP contribution >= 0.6 is 0 Å². The minimum atomic E-state index is -0.246. The van der Waals surface area contributed by atoms with Crippen LogP contribution in [0, 0.1) is 0 Å². The zero-order valence-electron chi connectivity index (χ0n) is 14.2. The number of aromatic nitrogens is 3. The van der Waals surface area contributed by atoms with Crippen molar-refractivity contribution < 1.29 is 9.59 Å². The molecule has 0 unspecified atom stereocenters. The quantitative estimate of drug-likeness (QED) is 0.812. The third-order valence-corrected chi connectivity index (χ3v) is 4.31. The van der Waals surface area contributed by atoms with E-state index in [0.29, 0.717) is 19.5 Å². The van der Waals surface area contributed by atoms with Gasteiger partial charge in [0.1, 0.15) is 0 Å². The van der Waals surface area contributed by atoms with Crippen LogP contribution in [-0.4, -0.2) is 51.3 Å². The van der Waals surface area contributed by atoms with Crippen molar-refractivity contribution in [3.63, 3.8) is 0 Å². The van der Waals surface area contributed by atoms with Crippen LogP contribution in [0.3, 0.4) is 0 Å². The Morgan fingerprint density at radius 3 is 2.84 bits per heavy atom. The van der Waals surface area contributed by atoms with E-state index in [-0.39, 0.29) is 17.5 Å². The molecule has 25 heavy (non-hydrogen) atoms. The van der Waals surface area contributed by atoms with Gasteiger partial charge < -0.3 is 10.2 Å². The lowest BCUT2D eigenvalue weighted by Gasteiger charge is -2.20. The molecular weight excluding hydrogens is 318 g/mol. The summed E-state index contributed by atoms with van der Waals surface area (Å²) >= 11 is 0. The fourth-order valence-electron chi connectivity index (χ4n) is 2.91. The van der Waals surface area contributed by atoms with E-state index in [9.17, 15) is 9.59 Å². The van der Waals surface area contributed by atoms with E-state index in [2.05, 4.69) is 15.6 Å². The van der Waals surface area contributed by atoms with Gasteiger partial charge in [0.25, 0.3) is 5.91 Å². The lowest BCUT2D eigenvalue weighted by molar-refractivity contribution is -0.130. The Labute approximate surface area is 147 Å². The van der Waals surface area contributed by atoms with Gasteiger partial charge in [0.05, 0.1) is 11.9 Å². The van der Waals surface area contributed by atoms with E-state index in [1.165, 1.54) is 0 Å². The Morgan fingerprint density at radius 2 is 2.00 bits per heavy atom. The number of nitrogens with zero attached hydrogens (tertiary/aromatic N) is 4. The zero-order valence-corrected chi connectivity index (χ0v) is 14.2. The molecular formula is C18H23N5O2. The van der Waals surface area contributed by atoms with Crippen LogP contribution in [0.5, 0.6) is 0 Å². The maximum absolute atomic E-state index is 12.2. The van der Waals surface area contributed by atoms with Gasteiger partial charge in [-0.3, -0.25) is 9.59 Å². The average molecular weight is 341 g/mol. The Hall–Kier alpha value is -2.70. The molecule has 1 saturated heterocycles. The average Bonchev–Trinajstić information content (AvgIpc) is 3.05. The molecule has 1 N–H and O–H groups in total. The molecule has 2 aromatic rings. The van der Waals surface area contributed by atoms with Crippen molar-refractivity contribution in [1.82, 2.24) is 25.2 Å². The summed E-state index contributed by atoms with van der Waals surface area (Å²) in [5.74, 6) is -0.0148. The summed E-state index contributed by atoms with van der Waals surface area (Å²) in [6.07, 6.45) is 6.18. The van der Waals surface area contributed by atoms with E-state index >= 15 is 0 Å². The SMILES string of the molecule is O=C(NCCCN1CCCCCC1=O)c1cn(-c2ccccc2)nn1. The molecule has 0 aliphatic carbocycles. The van der Waals surface area contributed by atoms with Crippen LogP contribution in [0.2, 0.25) is 0 Å². The van der Waals surface area contributed by atoms with Crippen LogP contribution in [0.25, 0.3) is 5.69 Å². The number of likely N-dealkylation sites (tertiary alicyclic amines) is 1. The Balaban J connectivity index is 1.45. The first-order valence-electron chi connectivity index (χ1n) is 8.78. The maximum Gasteiger partial charge on any atom is 0.273 e. The third kappa shape index (κ3) is 4.65. The Morgan fingerprint density at radius 1 is 1.16 bits per heavy atom. The molecule has 2 heterocycles. The zero-order chi connectivity index (χ0) is 17.5. The predicted octanol–water partition coefficient (Wildman–Crippen LogP) is 1.79. The van der Waals surface area contributed by atoms with Crippen LogP contribution in [0.15, 0.2) is 36.5 Å². The predicted molar refractivity (Wildman–Crippen MR) is 93.4 cm³/mol. The molecule has 2 amide bonds. The highest BCUT2D eigenvalue weighted by Gasteiger charge is 2.16. The second-order valence-electron chi connectivity index (χ2n) is 6.18. The molecule has 1 aliphatic heterocycles. The summed E-state index contributed by atoms with van der Waals surface area (Å²) < 4.78 is 1.57. The molecule has 0 atom stereocenters. The van der Waals surface area contributed by atoms with E-state index < -0.39 is 0 Å². The maximum atomic E-state index is 12.2. The molecule has 0 radical (unpaired) electrons. The van der Waals surface area contributed by atoms with Gasteiger partial charge >= 0.3 is 0 Å². The molecule has 3 rings (SSSR count). The molecule has 1 aromatic carbocycles. The summed E-state index contributed by atoms with van der Waals surface area (Å²) in [7, 11) is 0. The monoisotopic (exact) mass is 341 g/mol. The summed E-state index contributed by atoms with van der Waals surface area (Å²) in [5.41, 5.74) is 1.14. The van der Waals surface area contributed by atoms with E-state index in [1.807, 2.05) is 35.2 Å². The van der Waals surface area contributed by atoms with Gasteiger partial charge in [-0.2, -0.15) is 0 Å². The summed E-state index contributed by atoms with van der Waals surface area (Å²) in [6, 6.07) is 9.52. The summed E-state index contributed by atoms with van der Waals surface area (Å²) in [6.45, 7) is 2.04. The van der Waals surface area contributed by atoms with Crippen LogP contribution < -0.4 is 5.32 Å². The second kappa shape index (κ2) is 8.41. The highest BCUT2D eigenvalue weighted by atomic mass is 16.2. The van der Waals surface area contributed by atoms with Crippen molar-refractivity contribution in [2.75, 3.05) is 19.6 Å². The largest absolute Gasteiger partial charge is 0.351 e. The van der Waals surface area contributed by atoms with Crippen molar-refractivity contribution >= 4 is 11.8 Å². The molecule has 1 aromatic heterocycles. The molecule has 0 spiro atoms. The molecule has 0 bridgehead atoms. The first-order chi connectivity index (χ1) is 12.2. The topological polar surface area (TPSA) is 80.1 Å². The number of nitrogens with one attached hydrogen (secondary N) is 1. The highest BCUT2D eigenvalue weighted by Crippen LogP contribution is 2.11. The Bertz CT molecular complexity index is 713. The first kappa shape index (κ1) is 17.1. The highest BCUT2D eigenvalue weighted by molar-refractivity contribution is 5.91. The molecule has 1 fully saturated rings. The van der Waals surface area contributed by atoms with Crippen LogP contribution in [-0.2, 0) is 4.79 Å². The van der Waals surface area contributed by atoms with Gasteiger partial charge in [0.15, 0.2) is 5.69 Å². The van der Waals surface area contributed by atoms with Crippen molar-refractivity contribution in [2.45, 2.75) is 32.1 Å². The smallest absolute Gasteiger partial charge is 0.273 e. The van der Waals surface area contributed by atoms with E-state index in [0.717, 1.165) is 37.9 Å². The van der Waals surface area contributed by atoms with Gasteiger partial charge in [-0.15, -0.1) is 5.10 Å². The number of carbonyl (C=O) groups is 2. The fourth-order valence-corrected chi connectivity index (χ4v) is 2.91. The van der Waals surface area contributed by atoms with Gasteiger partial charge in [0, 0.05) is 26.1 Å². The molecule has 1 aliphatic rings. The van der Waals surface area contributed by atoms with Gasteiger partial charge in [-0.05, 0) is 31.4 Å². The number of rotatable bonds is 6. The van der Waals surface area contributed by atoms with E-state index in [1.54, 1.807) is 10.9 Å². The van der Waals surface area contributed by atoms with Crippen molar-refractivity contribution in [3.05, 3.63) is 42.2 Å². The van der Waals surface area contributed by atoms with Crippen LogP contribution in [0.1, 0.15) is 42.6 Å². The normalized spacial score (nSPS) is 15.0. The lowest BCUT2D eigenvalue weighted by atomic mass is 10.2. The minimum Gasteiger partial charge on any atom is -0.351 e. The van der Waals surface area contributed by atoms with Gasteiger partial charge in [-0.25, -0.2) is 4.68 Å². The number of benzene rings is 1. The summed E-state index contributed by atoms with van der Waals surface area (Å²) in [4.78, 5) is 26.0. The second-order valence-corrected chi connectivity index (χ2v) is 6.18. The number of hydrogen-bond acceptors (Lipinski definition) is 4. The summed E-state index contributed by atoms with van der Waals surface area (Å²) in [5, 5.41) is 10.7. The lowest BCUT2D eigenvalue weighted by Crippen LogP contribution is -2.34. The Kier molecular flexibility index (Phi) is 5.77. The molecule has 7 heteroatoms. The molecule has 7 nitrogen and oxygen atoms in total. The minimum absolute atomic E-state index is 0.231. The standard InChI is InChI=1S/C18H23N5O2/c24-17-10-5-2-6-12-22(17)13-7-11-19-18(25)16-14-23(21-20-16)15-8-3-1-4-9-15/h1,3-4,8-9,14H,2,5-7,10-13H2,(H,19,25). The van der Waals surface area contributed by atoms with Gasteiger partial charge in [-0.1, -0.05) is 29.8 Å². The molecule has 132 valence electrons. The van der Waals surface area contributed by atoms with Crippen molar-refractivity contribution in [3.8, 4) is 5.69 Å². The van der Waals surface area contributed by atoms with Crippen LogP contribution in [0.4, 0.5) is 0 Å².